The molecule has 0 atom stereocenters. The van der Waals surface area contributed by atoms with Crippen LogP contribution >= 0.6 is 15.9 Å². The molecule has 0 radical (unpaired) electrons. The Balaban J connectivity index is 1.82. The van der Waals surface area contributed by atoms with Crippen molar-refractivity contribution in [3.63, 3.8) is 0 Å². The van der Waals surface area contributed by atoms with Gasteiger partial charge < -0.3 is 10.6 Å². The molecule has 0 saturated carbocycles. The smallest absolute Gasteiger partial charge is 0.238 e. The summed E-state index contributed by atoms with van der Waals surface area (Å²) in [7, 11) is 0. The quantitative estimate of drug-likeness (QED) is 0.893. The molecule has 1 aromatic carbocycles. The Morgan fingerprint density at radius 3 is 2.83 bits per heavy atom. The molecule has 1 heterocycles. The van der Waals surface area contributed by atoms with E-state index < -0.39 is 0 Å². The van der Waals surface area contributed by atoms with Crippen molar-refractivity contribution in [2.75, 3.05) is 38.0 Å². The minimum Gasteiger partial charge on any atom is -0.325 e. The largest absolute Gasteiger partial charge is 0.325 e. The van der Waals surface area contributed by atoms with E-state index in [4.69, 9.17) is 0 Å². The van der Waals surface area contributed by atoms with Gasteiger partial charge in [0.2, 0.25) is 5.91 Å². The first-order chi connectivity index (χ1) is 8.74. The molecule has 1 amide bonds. The van der Waals surface area contributed by atoms with Gasteiger partial charge in [-0.05, 0) is 43.8 Å². The molecule has 0 spiro atoms. The normalized spacial score (nSPS) is 17.2. The second-order valence-electron chi connectivity index (χ2n) is 4.43. The Labute approximate surface area is 116 Å². The molecule has 1 fully saturated rings. The third-order valence-corrected chi connectivity index (χ3v) is 3.46. The highest BCUT2D eigenvalue weighted by Gasteiger charge is 2.12. The van der Waals surface area contributed by atoms with E-state index in [-0.39, 0.29) is 5.91 Å². The van der Waals surface area contributed by atoms with Crippen molar-refractivity contribution in [1.29, 1.82) is 0 Å². The average Bonchev–Trinajstić information content (AvgIpc) is 2.61. The first-order valence-electron chi connectivity index (χ1n) is 6.22. The van der Waals surface area contributed by atoms with Crippen LogP contribution in [0, 0.1) is 0 Å². The molecular weight excluding hydrogens is 294 g/mol. The number of halogens is 1. The number of amides is 1. The van der Waals surface area contributed by atoms with Crippen LogP contribution in [0.1, 0.15) is 6.42 Å². The molecule has 0 unspecified atom stereocenters. The van der Waals surface area contributed by atoms with Gasteiger partial charge in [0.15, 0.2) is 0 Å². The van der Waals surface area contributed by atoms with Crippen molar-refractivity contribution in [3.8, 4) is 0 Å². The van der Waals surface area contributed by atoms with Gasteiger partial charge >= 0.3 is 0 Å². The number of carbonyl (C=O) groups excluding carboxylic acids is 1. The van der Waals surface area contributed by atoms with Gasteiger partial charge in [0.1, 0.15) is 0 Å². The van der Waals surface area contributed by atoms with Crippen molar-refractivity contribution >= 4 is 27.5 Å². The highest BCUT2D eigenvalue weighted by Crippen LogP contribution is 2.14. The lowest BCUT2D eigenvalue weighted by atomic mass is 10.3. The minimum absolute atomic E-state index is 0.0548. The molecule has 5 heteroatoms. The second-order valence-corrected chi connectivity index (χ2v) is 5.35. The minimum atomic E-state index is 0.0548. The van der Waals surface area contributed by atoms with Crippen molar-refractivity contribution in [2.24, 2.45) is 0 Å². The fraction of sp³-hybridized carbons (Fsp3) is 0.462. The number of nitrogens with one attached hydrogen (secondary N) is 2. The number of benzene rings is 1. The molecular formula is C13H18BrN3O. The standard InChI is InChI=1S/C13H18BrN3O/c14-11-2-4-12(5-3-11)16-13(18)10-17-8-1-6-15-7-9-17/h2-5,15H,1,6-10H2,(H,16,18). The van der Waals surface area contributed by atoms with Gasteiger partial charge in [0.05, 0.1) is 6.54 Å². The van der Waals surface area contributed by atoms with Gasteiger partial charge in [0, 0.05) is 23.2 Å². The summed E-state index contributed by atoms with van der Waals surface area (Å²) in [6.07, 6.45) is 1.10. The van der Waals surface area contributed by atoms with Crippen molar-refractivity contribution in [1.82, 2.24) is 10.2 Å². The van der Waals surface area contributed by atoms with E-state index in [1.165, 1.54) is 0 Å². The topological polar surface area (TPSA) is 44.4 Å². The second kappa shape index (κ2) is 6.87. The molecule has 0 aliphatic carbocycles. The van der Waals surface area contributed by atoms with E-state index in [9.17, 15) is 4.79 Å². The molecule has 1 saturated heterocycles. The van der Waals surface area contributed by atoms with Crippen LogP contribution in [0.5, 0.6) is 0 Å². The number of anilines is 1. The molecule has 2 N–H and O–H groups in total. The Kier molecular flexibility index (Phi) is 5.16. The van der Waals surface area contributed by atoms with Gasteiger partial charge in [-0.1, -0.05) is 15.9 Å². The highest BCUT2D eigenvalue weighted by molar-refractivity contribution is 9.10. The fourth-order valence-corrected chi connectivity index (χ4v) is 2.26. The number of nitrogens with zero attached hydrogens (tertiary/aromatic N) is 1. The van der Waals surface area contributed by atoms with E-state index in [0.717, 1.165) is 42.8 Å². The van der Waals surface area contributed by atoms with Crippen LogP contribution in [0.15, 0.2) is 28.7 Å². The maximum Gasteiger partial charge on any atom is 0.238 e. The van der Waals surface area contributed by atoms with Crippen LogP contribution < -0.4 is 10.6 Å². The van der Waals surface area contributed by atoms with Crippen molar-refractivity contribution in [2.45, 2.75) is 6.42 Å². The van der Waals surface area contributed by atoms with Crippen LogP contribution in [0.3, 0.4) is 0 Å². The van der Waals surface area contributed by atoms with Gasteiger partial charge in [-0.15, -0.1) is 0 Å². The average molecular weight is 312 g/mol. The van der Waals surface area contributed by atoms with Gasteiger partial charge in [0.25, 0.3) is 0 Å². The molecule has 18 heavy (non-hydrogen) atoms. The Morgan fingerprint density at radius 2 is 2.06 bits per heavy atom. The molecule has 2 rings (SSSR count). The summed E-state index contributed by atoms with van der Waals surface area (Å²) in [4.78, 5) is 14.1. The molecule has 1 aromatic rings. The molecule has 1 aliphatic heterocycles. The monoisotopic (exact) mass is 311 g/mol. The zero-order valence-corrected chi connectivity index (χ0v) is 11.9. The van der Waals surface area contributed by atoms with E-state index in [1.807, 2.05) is 24.3 Å². The third-order valence-electron chi connectivity index (χ3n) is 2.93. The predicted octanol–water partition coefficient (Wildman–Crippen LogP) is 1.68. The van der Waals surface area contributed by atoms with E-state index in [0.29, 0.717) is 6.54 Å². The van der Waals surface area contributed by atoms with Crippen molar-refractivity contribution in [3.05, 3.63) is 28.7 Å². The van der Waals surface area contributed by atoms with Crippen LogP contribution in [0.4, 0.5) is 5.69 Å². The molecule has 1 aliphatic rings. The number of hydrogen-bond donors (Lipinski definition) is 2. The Morgan fingerprint density at radius 1 is 1.28 bits per heavy atom. The fourth-order valence-electron chi connectivity index (χ4n) is 2.00. The Bertz CT molecular complexity index is 386. The zero-order valence-electron chi connectivity index (χ0n) is 10.3. The lowest BCUT2D eigenvalue weighted by molar-refractivity contribution is -0.117. The van der Waals surface area contributed by atoms with Crippen LogP contribution in [0.25, 0.3) is 0 Å². The summed E-state index contributed by atoms with van der Waals surface area (Å²) in [5.41, 5.74) is 0.844. The van der Waals surface area contributed by atoms with Gasteiger partial charge in [-0.3, -0.25) is 9.69 Å². The summed E-state index contributed by atoms with van der Waals surface area (Å²) in [6.45, 7) is 4.41. The molecule has 4 nitrogen and oxygen atoms in total. The van der Waals surface area contributed by atoms with Crippen molar-refractivity contribution < 1.29 is 4.79 Å². The summed E-state index contributed by atoms with van der Waals surface area (Å²) >= 11 is 3.37. The maximum atomic E-state index is 11.9. The summed E-state index contributed by atoms with van der Waals surface area (Å²) in [6, 6.07) is 7.63. The maximum absolute atomic E-state index is 11.9. The summed E-state index contributed by atoms with van der Waals surface area (Å²) < 4.78 is 1.01. The third kappa shape index (κ3) is 4.40. The first kappa shape index (κ1) is 13.5. The van der Waals surface area contributed by atoms with Gasteiger partial charge in [-0.2, -0.15) is 0 Å². The van der Waals surface area contributed by atoms with E-state index in [2.05, 4.69) is 31.5 Å². The van der Waals surface area contributed by atoms with E-state index in [1.54, 1.807) is 0 Å². The van der Waals surface area contributed by atoms with Crippen LogP contribution in [0.2, 0.25) is 0 Å². The molecule has 0 bridgehead atoms. The van der Waals surface area contributed by atoms with E-state index >= 15 is 0 Å². The lowest BCUT2D eigenvalue weighted by Gasteiger charge is -2.18. The van der Waals surface area contributed by atoms with Crippen LogP contribution in [-0.2, 0) is 4.79 Å². The number of carbonyl (C=O) groups is 1. The lowest BCUT2D eigenvalue weighted by Crippen LogP contribution is -2.35. The van der Waals surface area contributed by atoms with Crippen LogP contribution in [-0.4, -0.2) is 43.5 Å². The summed E-state index contributed by atoms with van der Waals surface area (Å²) in [5.74, 6) is 0.0548. The number of hydrogen-bond acceptors (Lipinski definition) is 3. The predicted molar refractivity (Wildman–Crippen MR) is 76.7 cm³/mol. The number of rotatable bonds is 3. The molecule has 0 aromatic heterocycles. The first-order valence-corrected chi connectivity index (χ1v) is 7.02. The highest BCUT2D eigenvalue weighted by atomic mass is 79.9. The zero-order chi connectivity index (χ0) is 12.8. The SMILES string of the molecule is O=C(CN1CCCNCC1)Nc1ccc(Br)cc1. The summed E-state index contributed by atoms with van der Waals surface area (Å²) in [5, 5.41) is 6.24. The Hall–Kier alpha value is -0.910. The van der Waals surface area contributed by atoms with Gasteiger partial charge in [-0.25, -0.2) is 0 Å². The molecule has 98 valence electrons.